The van der Waals surface area contributed by atoms with E-state index in [-0.39, 0.29) is 5.03 Å². The third-order valence-corrected chi connectivity index (χ3v) is 3.09. The van der Waals surface area contributed by atoms with Crippen molar-refractivity contribution < 1.29 is 17.8 Å². The third kappa shape index (κ3) is 6.17. The van der Waals surface area contributed by atoms with Gasteiger partial charge in [-0.05, 0) is 30.4 Å². The molecule has 0 bridgehead atoms. The second-order valence-corrected chi connectivity index (χ2v) is 5.84. The summed E-state index contributed by atoms with van der Waals surface area (Å²) in [5, 5.41) is 1.32. The quantitative estimate of drug-likeness (QED) is 0.764. The van der Waals surface area contributed by atoms with Gasteiger partial charge < -0.3 is 4.84 Å². The third-order valence-electron chi connectivity index (χ3n) is 1.66. The van der Waals surface area contributed by atoms with Gasteiger partial charge in [-0.25, -0.2) is 5.48 Å². The van der Waals surface area contributed by atoms with Crippen LogP contribution < -0.4 is 5.48 Å². The summed E-state index contributed by atoms with van der Waals surface area (Å²) >= 11 is 16.7. The molecule has 0 aliphatic carbocycles. The van der Waals surface area contributed by atoms with E-state index in [1.54, 1.807) is 18.2 Å². The number of hydroxylamine groups is 1. The molecule has 1 aromatic carbocycles. The number of halogens is 3. The van der Waals surface area contributed by atoms with Crippen molar-refractivity contribution in [2.24, 2.45) is 0 Å². The van der Waals surface area contributed by atoms with Crippen molar-refractivity contribution in [3.8, 4) is 0 Å². The Hall–Kier alpha value is -0.920. The summed E-state index contributed by atoms with van der Waals surface area (Å²) < 4.78 is 29.0. The molecule has 1 aliphatic rings. The molecule has 0 unspecified atom stereocenters. The Kier molecular flexibility index (Phi) is 5.96. The lowest BCUT2D eigenvalue weighted by Gasteiger charge is -2.07. The van der Waals surface area contributed by atoms with Crippen LogP contribution in [0.4, 0.5) is 0 Å². The first-order valence-electron chi connectivity index (χ1n) is 4.66. The van der Waals surface area contributed by atoms with Crippen LogP contribution in [0.2, 0.25) is 15.1 Å². The van der Waals surface area contributed by atoms with Crippen LogP contribution in [-0.4, -0.2) is 13.0 Å². The highest BCUT2D eigenvalue weighted by Crippen LogP contribution is 2.21. The van der Waals surface area contributed by atoms with Crippen molar-refractivity contribution in [3.05, 3.63) is 56.7 Å². The largest absolute Gasteiger partial charge is 0.389 e. The van der Waals surface area contributed by atoms with Crippen molar-refractivity contribution in [1.82, 2.24) is 5.48 Å². The van der Waals surface area contributed by atoms with Gasteiger partial charge in [0.05, 0.1) is 0 Å². The lowest BCUT2D eigenvalue weighted by molar-refractivity contribution is 0.165. The molecule has 0 fully saturated rings. The molecule has 0 radical (unpaired) electrons. The summed E-state index contributed by atoms with van der Waals surface area (Å²) in [6, 6.07) is 4.90. The zero-order chi connectivity index (χ0) is 14.5. The van der Waals surface area contributed by atoms with Gasteiger partial charge in [-0.15, -0.1) is 0 Å². The highest BCUT2D eigenvalue weighted by Gasteiger charge is 2.13. The van der Waals surface area contributed by atoms with Gasteiger partial charge in [-0.1, -0.05) is 34.8 Å². The molecule has 0 saturated heterocycles. The van der Waals surface area contributed by atoms with Gasteiger partial charge >= 0.3 is 10.1 Å². The number of hydrogen-bond acceptors (Lipinski definition) is 4. The lowest BCUT2D eigenvalue weighted by Crippen LogP contribution is -2.20. The van der Waals surface area contributed by atoms with Crippen molar-refractivity contribution in [1.29, 1.82) is 0 Å². The monoisotopic (exact) mass is 343 g/mol. The van der Waals surface area contributed by atoms with Gasteiger partial charge in [0, 0.05) is 15.1 Å². The first-order valence-corrected chi connectivity index (χ1v) is 7.24. The molecule has 0 spiro atoms. The smallest absolute Gasteiger partial charge is 0.312 e. The van der Waals surface area contributed by atoms with Crippen molar-refractivity contribution >= 4 is 44.9 Å². The fourth-order valence-electron chi connectivity index (χ4n) is 0.951. The van der Waals surface area contributed by atoms with E-state index >= 15 is 0 Å². The van der Waals surface area contributed by atoms with E-state index in [0.29, 0.717) is 15.1 Å². The van der Waals surface area contributed by atoms with Crippen LogP contribution in [0.1, 0.15) is 0 Å². The summed E-state index contributed by atoms with van der Waals surface area (Å²) in [5.74, 6) is 0. The molecule has 5 nitrogen and oxygen atoms in total. The van der Waals surface area contributed by atoms with E-state index in [1.165, 1.54) is 18.4 Å². The molecule has 9 heteroatoms. The Bertz CT molecular complexity index is 563. The second kappa shape index (κ2) is 7.02. The van der Waals surface area contributed by atoms with Crippen LogP contribution >= 0.6 is 34.8 Å². The van der Waals surface area contributed by atoms with Crippen LogP contribution in [0.5, 0.6) is 0 Å². The lowest BCUT2D eigenvalue weighted by atomic mass is 10.4. The fraction of sp³-hybridized carbons (Fsp3) is 0. The highest BCUT2D eigenvalue weighted by molar-refractivity contribution is 7.89. The minimum atomic E-state index is -4.15. The molecule has 2 rings (SSSR count). The van der Waals surface area contributed by atoms with Crippen LogP contribution in [-0.2, 0) is 15.0 Å². The minimum absolute atomic E-state index is 0.366. The molecule has 0 atom stereocenters. The first kappa shape index (κ1) is 16.1. The van der Waals surface area contributed by atoms with E-state index in [4.69, 9.17) is 39.4 Å². The zero-order valence-corrected chi connectivity index (χ0v) is 12.3. The Morgan fingerprint density at radius 2 is 1.53 bits per heavy atom. The van der Waals surface area contributed by atoms with E-state index in [1.807, 2.05) is 5.48 Å². The Morgan fingerprint density at radius 3 is 1.79 bits per heavy atom. The topological polar surface area (TPSA) is 75.6 Å². The number of nitrogens with one attached hydrogen (secondary N) is 1. The maximum atomic E-state index is 10.3. The van der Waals surface area contributed by atoms with Gasteiger partial charge in [0.25, 0.3) is 0 Å². The average molecular weight is 345 g/mol. The van der Waals surface area contributed by atoms with Gasteiger partial charge in [0.15, 0.2) is 5.03 Å². The summed E-state index contributed by atoms with van der Waals surface area (Å²) in [6.07, 6.45) is 3.77. The summed E-state index contributed by atoms with van der Waals surface area (Å²) in [6.45, 7) is 0. The normalized spacial score (nSPS) is 13.6. The molecule has 19 heavy (non-hydrogen) atoms. The predicted octanol–water partition coefficient (Wildman–Crippen LogP) is 3.41. The molecule has 0 saturated carbocycles. The Morgan fingerprint density at radius 1 is 1.05 bits per heavy atom. The fourth-order valence-corrected chi connectivity index (χ4v) is 2.23. The van der Waals surface area contributed by atoms with E-state index in [9.17, 15) is 8.42 Å². The summed E-state index contributed by atoms with van der Waals surface area (Å²) in [7, 11) is -4.15. The van der Waals surface area contributed by atoms with E-state index in [0.717, 1.165) is 0 Å². The van der Waals surface area contributed by atoms with Gasteiger partial charge in [0.1, 0.15) is 6.26 Å². The molecule has 1 aliphatic heterocycles. The first-order chi connectivity index (χ1) is 8.79. The van der Waals surface area contributed by atoms with Crippen LogP contribution in [0.25, 0.3) is 0 Å². The van der Waals surface area contributed by atoms with Gasteiger partial charge in [0.2, 0.25) is 0 Å². The number of rotatable bonds is 1. The minimum Gasteiger partial charge on any atom is -0.389 e. The van der Waals surface area contributed by atoms with Crippen molar-refractivity contribution in [2.45, 2.75) is 0 Å². The maximum Gasteiger partial charge on any atom is 0.312 e. The Balaban J connectivity index is 0.000000191. The maximum absolute atomic E-state index is 10.3. The molecule has 1 aromatic rings. The molecule has 104 valence electrons. The SMILES string of the molecule is Clc1cc(Cl)cc(Cl)c1.O=S(=O)(O)C1=CC=CON1. The van der Waals surface area contributed by atoms with Gasteiger partial charge in [-0.3, -0.25) is 4.55 Å². The van der Waals surface area contributed by atoms with Crippen LogP contribution in [0, 0.1) is 0 Å². The molecular weight excluding hydrogens is 337 g/mol. The summed E-state index contributed by atoms with van der Waals surface area (Å²) in [5.41, 5.74) is 2.00. The standard InChI is InChI=1S/C6H3Cl3.C4H5NO4S/c7-4-1-5(8)3-6(9)2-4;6-10(7,8)4-2-1-3-9-5-4/h1-3H;1-3,5H,(H,6,7,8). The number of allylic oxidation sites excluding steroid dienone is 2. The molecule has 2 N–H and O–H groups in total. The van der Waals surface area contributed by atoms with Crippen molar-refractivity contribution in [2.75, 3.05) is 0 Å². The summed E-state index contributed by atoms with van der Waals surface area (Å²) in [4.78, 5) is 4.37. The van der Waals surface area contributed by atoms with Crippen LogP contribution in [0.3, 0.4) is 0 Å². The van der Waals surface area contributed by atoms with Crippen molar-refractivity contribution in [3.63, 3.8) is 0 Å². The number of benzene rings is 1. The average Bonchev–Trinajstić information content (AvgIpc) is 2.28. The zero-order valence-electron chi connectivity index (χ0n) is 9.18. The molecule has 1 heterocycles. The number of hydrogen-bond donors (Lipinski definition) is 2. The van der Waals surface area contributed by atoms with Gasteiger partial charge in [-0.2, -0.15) is 8.42 Å². The predicted molar refractivity (Wildman–Crippen MR) is 74.5 cm³/mol. The molecule has 0 aromatic heterocycles. The second-order valence-electron chi connectivity index (χ2n) is 3.14. The van der Waals surface area contributed by atoms with E-state index < -0.39 is 10.1 Å². The highest BCUT2D eigenvalue weighted by atomic mass is 35.5. The molecule has 0 amide bonds. The Labute approximate surface area is 125 Å². The van der Waals surface area contributed by atoms with Crippen LogP contribution in [0.15, 0.2) is 41.6 Å². The van der Waals surface area contributed by atoms with E-state index in [2.05, 4.69) is 4.84 Å². The molecular formula is C10H8Cl3NO4S.